The molecule has 0 saturated heterocycles. The second-order valence-electron chi connectivity index (χ2n) is 10.1. The van der Waals surface area contributed by atoms with Crippen LogP contribution in [0.3, 0.4) is 0 Å². The van der Waals surface area contributed by atoms with E-state index in [4.69, 9.17) is 9.84 Å². The quantitative estimate of drug-likeness (QED) is 0.184. The summed E-state index contributed by atoms with van der Waals surface area (Å²) < 4.78 is 36.6. The molecule has 228 valence electrons. The van der Waals surface area contributed by atoms with Crippen LogP contribution in [0.1, 0.15) is 87.3 Å². The molecule has 0 radical (unpaired) electrons. The number of allylic oxidation sites excluding steroid dienone is 1. The Kier molecular flexibility index (Phi) is 15.9. The molecule has 3 rings (SSSR count). The molecule has 0 amide bonds. The van der Waals surface area contributed by atoms with Crippen LogP contribution in [-0.4, -0.2) is 45.0 Å². The summed E-state index contributed by atoms with van der Waals surface area (Å²) in [6, 6.07) is 6.37. The Labute approximate surface area is 245 Å². The maximum absolute atomic E-state index is 14.8. The number of imidazole rings is 1. The van der Waals surface area contributed by atoms with Gasteiger partial charge in [0.1, 0.15) is 5.65 Å². The van der Waals surface area contributed by atoms with Crippen LogP contribution in [0.25, 0.3) is 16.8 Å². The number of unbranched alkanes of at least 4 members (excludes halogenated alkanes) is 1. The zero-order valence-electron chi connectivity index (χ0n) is 26.6. The highest BCUT2D eigenvalue weighted by Crippen LogP contribution is 2.34. The van der Waals surface area contributed by atoms with Crippen molar-refractivity contribution in [2.45, 2.75) is 94.6 Å². The molecule has 0 fully saturated rings. The topological polar surface area (TPSA) is 62.4 Å². The first-order valence-electron chi connectivity index (χ1n) is 14.7. The number of aryl methyl sites for hydroxylation is 1. The lowest BCUT2D eigenvalue weighted by Crippen LogP contribution is -2.18. The molecule has 2 aromatic heterocycles. The second kappa shape index (κ2) is 18.2. The van der Waals surface area contributed by atoms with Gasteiger partial charge in [-0.25, -0.2) is 9.37 Å². The van der Waals surface area contributed by atoms with Crippen LogP contribution in [-0.2, 0) is 0 Å². The first kappa shape index (κ1) is 35.8. The minimum absolute atomic E-state index is 0.0769. The molecule has 0 saturated carbocycles. The van der Waals surface area contributed by atoms with Gasteiger partial charge >= 0.3 is 0 Å². The summed E-state index contributed by atoms with van der Waals surface area (Å²) in [5.74, 6) is -1.58. The summed E-state index contributed by atoms with van der Waals surface area (Å²) in [5, 5.41) is 15.1. The van der Waals surface area contributed by atoms with Crippen molar-refractivity contribution in [1.82, 2.24) is 14.4 Å². The van der Waals surface area contributed by atoms with Gasteiger partial charge in [-0.2, -0.15) is 9.49 Å². The number of aliphatic hydroxyl groups is 1. The SMILES string of the molecule is C/C=N\N(CCCC)/C(C)=C(\C)CCOc1c(-c2ccc3ncc(C)n3c2)ccc(F)c1F.CC.CC(C)C(C)O. The average Bonchev–Trinajstić information content (AvgIpc) is 3.34. The summed E-state index contributed by atoms with van der Waals surface area (Å²) in [7, 11) is 0. The minimum Gasteiger partial charge on any atom is -0.489 e. The molecule has 0 aliphatic rings. The van der Waals surface area contributed by atoms with Gasteiger partial charge in [-0.15, -0.1) is 0 Å². The summed E-state index contributed by atoms with van der Waals surface area (Å²) in [5.41, 5.74) is 5.11. The Bertz CT molecular complexity index is 1260. The van der Waals surface area contributed by atoms with Gasteiger partial charge in [0.2, 0.25) is 5.82 Å². The average molecular weight is 573 g/mol. The van der Waals surface area contributed by atoms with Crippen LogP contribution in [0.4, 0.5) is 8.78 Å². The number of nitrogens with zero attached hydrogens (tertiary/aromatic N) is 4. The third-order valence-electron chi connectivity index (χ3n) is 6.72. The number of hydrogen-bond donors (Lipinski definition) is 1. The predicted molar refractivity (Wildman–Crippen MR) is 167 cm³/mol. The lowest BCUT2D eigenvalue weighted by Gasteiger charge is -2.22. The van der Waals surface area contributed by atoms with Gasteiger partial charge in [0, 0.05) is 54.1 Å². The number of ether oxygens (including phenoxy) is 1. The molecule has 1 aromatic carbocycles. The maximum Gasteiger partial charge on any atom is 0.201 e. The maximum atomic E-state index is 14.8. The van der Waals surface area contributed by atoms with E-state index in [0.717, 1.165) is 53.6 Å². The van der Waals surface area contributed by atoms with Crippen LogP contribution >= 0.6 is 0 Å². The molecule has 0 spiro atoms. The van der Waals surface area contributed by atoms with E-state index >= 15 is 0 Å². The molecule has 1 atom stereocenters. The third-order valence-corrected chi connectivity index (χ3v) is 6.72. The minimum atomic E-state index is -0.978. The van der Waals surface area contributed by atoms with Crippen LogP contribution in [0.15, 0.2) is 53.0 Å². The van der Waals surface area contributed by atoms with Crippen LogP contribution in [0.5, 0.6) is 5.75 Å². The molecule has 1 N–H and O–H groups in total. The predicted octanol–water partition coefficient (Wildman–Crippen LogP) is 8.81. The molecule has 6 nitrogen and oxygen atoms in total. The fourth-order valence-corrected chi connectivity index (χ4v) is 3.63. The highest BCUT2D eigenvalue weighted by atomic mass is 19.2. The monoisotopic (exact) mass is 572 g/mol. The lowest BCUT2D eigenvalue weighted by atomic mass is 10.1. The normalized spacial score (nSPS) is 12.4. The van der Waals surface area contributed by atoms with Gasteiger partial charge < -0.3 is 14.2 Å². The van der Waals surface area contributed by atoms with E-state index in [0.29, 0.717) is 17.9 Å². The van der Waals surface area contributed by atoms with Gasteiger partial charge in [0.05, 0.1) is 12.7 Å². The molecular formula is C33H50F2N4O2. The van der Waals surface area contributed by atoms with Crippen molar-refractivity contribution in [1.29, 1.82) is 0 Å². The Morgan fingerprint density at radius 2 is 1.80 bits per heavy atom. The largest absolute Gasteiger partial charge is 0.489 e. The van der Waals surface area contributed by atoms with E-state index in [2.05, 4.69) is 17.0 Å². The van der Waals surface area contributed by atoms with Gasteiger partial charge in [-0.3, -0.25) is 5.01 Å². The van der Waals surface area contributed by atoms with E-state index in [-0.39, 0.29) is 18.5 Å². The van der Waals surface area contributed by atoms with Gasteiger partial charge in [-0.1, -0.05) is 41.0 Å². The fourth-order valence-electron chi connectivity index (χ4n) is 3.63. The highest BCUT2D eigenvalue weighted by molar-refractivity contribution is 5.71. The number of rotatable bonds is 11. The smallest absolute Gasteiger partial charge is 0.201 e. The molecule has 0 aliphatic carbocycles. The number of halogens is 2. The standard InChI is InChI=1S/C26H32F2N4O.C5H12O.C2H6/c1-6-8-14-32(30-7-2)20(5)18(3)13-15-33-26-22(10-11-23(27)25(26)28)21-9-12-24-29-16-19(4)31(24)17-21;1-4(2)5(3)6;1-2/h7,9-12,16-17H,6,8,13-15H2,1-5H3;4-6H,1-3H3;1-2H3/b20-18+,30-7-;;. The molecule has 41 heavy (non-hydrogen) atoms. The number of aromatic nitrogens is 2. The molecule has 0 bridgehead atoms. The summed E-state index contributed by atoms with van der Waals surface area (Å²) in [6.07, 6.45) is 7.95. The number of fused-ring (bicyclic) bond motifs is 1. The zero-order valence-corrected chi connectivity index (χ0v) is 26.6. The van der Waals surface area contributed by atoms with Crippen molar-refractivity contribution in [3.05, 3.63) is 65.3 Å². The molecule has 1 unspecified atom stereocenters. The number of aliphatic hydroxyl groups excluding tert-OH is 1. The van der Waals surface area contributed by atoms with Gasteiger partial charge in [-0.05, 0) is 76.8 Å². The van der Waals surface area contributed by atoms with Crippen molar-refractivity contribution in [3.63, 3.8) is 0 Å². The van der Waals surface area contributed by atoms with Crippen molar-refractivity contribution in [2.75, 3.05) is 13.2 Å². The first-order chi connectivity index (χ1) is 19.5. The Morgan fingerprint density at radius 1 is 1.15 bits per heavy atom. The van der Waals surface area contributed by atoms with Crippen molar-refractivity contribution < 1.29 is 18.6 Å². The number of hydrazone groups is 1. The number of hydrogen-bond acceptors (Lipinski definition) is 5. The van der Waals surface area contributed by atoms with Crippen LogP contribution in [0.2, 0.25) is 0 Å². The highest BCUT2D eigenvalue weighted by Gasteiger charge is 2.18. The Balaban J connectivity index is 0.000000931. The Hall–Kier alpha value is -3.26. The zero-order chi connectivity index (χ0) is 31.1. The summed E-state index contributed by atoms with van der Waals surface area (Å²) in [6.45, 7) is 20.8. The second-order valence-corrected chi connectivity index (χ2v) is 10.1. The molecule has 2 heterocycles. The molecular weight excluding hydrogens is 522 g/mol. The van der Waals surface area contributed by atoms with Crippen molar-refractivity contribution >= 4 is 11.9 Å². The van der Waals surface area contributed by atoms with E-state index < -0.39 is 11.6 Å². The van der Waals surface area contributed by atoms with Crippen LogP contribution in [0, 0.1) is 24.5 Å². The fraction of sp³-hybridized carbons (Fsp3) is 0.515. The van der Waals surface area contributed by atoms with Gasteiger partial charge in [0.25, 0.3) is 0 Å². The van der Waals surface area contributed by atoms with Crippen molar-refractivity contribution in [2.24, 2.45) is 11.0 Å². The lowest BCUT2D eigenvalue weighted by molar-refractivity contribution is 0.144. The number of pyridine rings is 1. The molecule has 8 heteroatoms. The van der Waals surface area contributed by atoms with Crippen LogP contribution < -0.4 is 4.74 Å². The summed E-state index contributed by atoms with van der Waals surface area (Å²) in [4.78, 5) is 4.32. The molecule has 0 aliphatic heterocycles. The van der Waals surface area contributed by atoms with E-state index in [1.165, 1.54) is 0 Å². The van der Waals surface area contributed by atoms with E-state index in [1.807, 2.05) is 83.1 Å². The Morgan fingerprint density at radius 3 is 2.39 bits per heavy atom. The van der Waals surface area contributed by atoms with E-state index in [9.17, 15) is 8.78 Å². The molecule has 3 aromatic rings. The first-order valence-corrected chi connectivity index (χ1v) is 14.7. The number of benzene rings is 1. The third kappa shape index (κ3) is 10.6. The van der Waals surface area contributed by atoms with Gasteiger partial charge in [0.15, 0.2) is 11.6 Å². The summed E-state index contributed by atoms with van der Waals surface area (Å²) >= 11 is 0. The van der Waals surface area contributed by atoms with E-state index in [1.54, 1.807) is 25.4 Å². The van der Waals surface area contributed by atoms with Crippen molar-refractivity contribution in [3.8, 4) is 16.9 Å².